The largest absolute Gasteiger partial charge is 0.381 e. The highest BCUT2D eigenvalue weighted by Crippen LogP contribution is 2.38. The minimum absolute atomic E-state index is 0.0398. The van der Waals surface area contributed by atoms with Gasteiger partial charge >= 0.3 is 0 Å². The van der Waals surface area contributed by atoms with Crippen LogP contribution in [0, 0.1) is 0 Å². The SMILES string of the molecule is COC1(c2cccc(Sc3ccc(S(=O)(=O)Nc4ncccn4)cc3)c2)CCOCC1. The van der Waals surface area contributed by atoms with E-state index in [0.717, 1.165) is 28.2 Å². The average molecular weight is 458 g/mol. The van der Waals surface area contributed by atoms with Gasteiger partial charge in [-0.1, -0.05) is 23.9 Å². The Balaban J connectivity index is 1.49. The Morgan fingerprint density at radius 1 is 1.00 bits per heavy atom. The van der Waals surface area contributed by atoms with Crippen LogP contribution in [0.1, 0.15) is 18.4 Å². The van der Waals surface area contributed by atoms with Gasteiger partial charge in [-0.25, -0.2) is 23.1 Å². The average Bonchev–Trinajstić information content (AvgIpc) is 2.80. The summed E-state index contributed by atoms with van der Waals surface area (Å²) in [6.45, 7) is 1.37. The van der Waals surface area contributed by atoms with E-state index in [1.165, 1.54) is 12.4 Å². The molecule has 1 aliphatic rings. The van der Waals surface area contributed by atoms with Crippen LogP contribution in [0.15, 0.2) is 81.7 Å². The molecule has 0 bridgehead atoms. The van der Waals surface area contributed by atoms with Gasteiger partial charge in [0.25, 0.3) is 10.0 Å². The van der Waals surface area contributed by atoms with Crippen LogP contribution in [0.4, 0.5) is 5.95 Å². The summed E-state index contributed by atoms with van der Waals surface area (Å²) in [5.41, 5.74) is 0.812. The summed E-state index contributed by atoms with van der Waals surface area (Å²) in [5.74, 6) is 0.0398. The van der Waals surface area contributed by atoms with Crippen LogP contribution in [0.5, 0.6) is 0 Å². The van der Waals surface area contributed by atoms with E-state index in [2.05, 4.69) is 26.8 Å². The van der Waals surface area contributed by atoms with Gasteiger partial charge in [0, 0.05) is 55.3 Å². The molecular formula is C22H23N3O4S2. The first-order valence-corrected chi connectivity index (χ1v) is 12.1. The van der Waals surface area contributed by atoms with Crippen molar-refractivity contribution >= 4 is 27.7 Å². The number of rotatable bonds is 7. The van der Waals surface area contributed by atoms with Crippen molar-refractivity contribution < 1.29 is 17.9 Å². The third-order valence-corrected chi connectivity index (χ3v) is 7.55. The van der Waals surface area contributed by atoms with Crippen molar-refractivity contribution in [1.82, 2.24) is 9.97 Å². The van der Waals surface area contributed by atoms with Gasteiger partial charge < -0.3 is 9.47 Å². The highest BCUT2D eigenvalue weighted by atomic mass is 32.2. The molecule has 0 spiro atoms. The molecular weight excluding hydrogens is 434 g/mol. The fraction of sp³-hybridized carbons (Fsp3) is 0.273. The Kier molecular flexibility index (Phi) is 6.57. The van der Waals surface area contributed by atoms with E-state index in [9.17, 15) is 8.42 Å². The zero-order chi connectivity index (χ0) is 21.7. The number of ether oxygens (including phenoxy) is 2. The highest BCUT2D eigenvalue weighted by Gasteiger charge is 2.34. The van der Waals surface area contributed by atoms with Gasteiger partial charge in [-0.05, 0) is 48.0 Å². The summed E-state index contributed by atoms with van der Waals surface area (Å²) < 4.78 is 38.9. The zero-order valence-corrected chi connectivity index (χ0v) is 18.7. The van der Waals surface area contributed by atoms with E-state index in [1.54, 1.807) is 49.2 Å². The normalized spacial score (nSPS) is 16.0. The van der Waals surface area contributed by atoms with Crippen molar-refractivity contribution in [2.24, 2.45) is 0 Å². The first kappa shape index (κ1) is 21.8. The number of nitrogens with one attached hydrogen (secondary N) is 1. The van der Waals surface area contributed by atoms with Crippen LogP contribution in [0.25, 0.3) is 0 Å². The number of methoxy groups -OCH3 is 1. The minimum Gasteiger partial charge on any atom is -0.381 e. The Hall–Kier alpha value is -2.46. The number of nitrogens with zero attached hydrogens (tertiary/aromatic N) is 2. The third kappa shape index (κ3) is 5.07. The van der Waals surface area contributed by atoms with Crippen LogP contribution < -0.4 is 4.72 Å². The van der Waals surface area contributed by atoms with Gasteiger partial charge in [0.1, 0.15) is 0 Å². The molecule has 1 N–H and O–H groups in total. The molecule has 0 unspecified atom stereocenters. The Labute approximate surface area is 186 Å². The molecule has 3 aromatic rings. The van der Waals surface area contributed by atoms with Crippen LogP contribution in [0.3, 0.4) is 0 Å². The number of hydrogen-bond donors (Lipinski definition) is 1. The molecule has 2 heterocycles. The van der Waals surface area contributed by atoms with Crippen LogP contribution in [0.2, 0.25) is 0 Å². The smallest absolute Gasteiger partial charge is 0.264 e. The zero-order valence-electron chi connectivity index (χ0n) is 17.0. The van der Waals surface area contributed by atoms with Gasteiger partial charge in [0.05, 0.1) is 10.5 Å². The summed E-state index contributed by atoms with van der Waals surface area (Å²) >= 11 is 1.57. The van der Waals surface area contributed by atoms with Crippen molar-refractivity contribution in [3.05, 3.63) is 72.6 Å². The Bertz CT molecular complexity index is 1120. The van der Waals surface area contributed by atoms with Crippen molar-refractivity contribution in [3.8, 4) is 0 Å². The van der Waals surface area contributed by atoms with Crippen molar-refractivity contribution in [1.29, 1.82) is 0 Å². The van der Waals surface area contributed by atoms with Gasteiger partial charge in [-0.15, -0.1) is 0 Å². The van der Waals surface area contributed by atoms with Gasteiger partial charge in [-0.2, -0.15) is 0 Å². The second-order valence-corrected chi connectivity index (χ2v) is 9.92. The number of anilines is 1. The molecule has 162 valence electrons. The third-order valence-electron chi connectivity index (χ3n) is 5.21. The number of aromatic nitrogens is 2. The van der Waals surface area contributed by atoms with E-state index in [0.29, 0.717) is 13.2 Å². The van der Waals surface area contributed by atoms with E-state index in [4.69, 9.17) is 9.47 Å². The number of hydrogen-bond acceptors (Lipinski definition) is 7. The number of sulfonamides is 1. The molecule has 0 aliphatic carbocycles. The fourth-order valence-corrected chi connectivity index (χ4v) is 5.34. The van der Waals surface area contributed by atoms with Crippen molar-refractivity contribution in [2.75, 3.05) is 25.0 Å². The molecule has 31 heavy (non-hydrogen) atoms. The molecule has 4 rings (SSSR count). The van der Waals surface area contributed by atoms with Crippen LogP contribution in [-0.2, 0) is 25.1 Å². The molecule has 1 aromatic heterocycles. The summed E-state index contributed by atoms with van der Waals surface area (Å²) in [6, 6.07) is 16.6. The standard InChI is InChI=1S/C22H23N3O4S2/c1-28-22(10-14-29-15-11-22)17-4-2-5-19(16-17)30-18-6-8-20(9-7-18)31(26,27)25-21-23-12-3-13-24-21/h2-9,12-13,16H,10-11,14-15H2,1H3,(H,23,24,25). The maximum absolute atomic E-state index is 12.5. The second-order valence-electron chi connectivity index (χ2n) is 7.09. The predicted molar refractivity (Wildman–Crippen MR) is 119 cm³/mol. The fourth-order valence-electron chi connectivity index (χ4n) is 3.51. The first-order valence-electron chi connectivity index (χ1n) is 9.82. The first-order chi connectivity index (χ1) is 15.0. The molecule has 1 aliphatic heterocycles. The summed E-state index contributed by atoms with van der Waals surface area (Å²) in [5, 5.41) is 0. The van der Waals surface area contributed by atoms with Gasteiger partial charge in [0.15, 0.2) is 0 Å². The molecule has 0 amide bonds. The van der Waals surface area contributed by atoms with Crippen molar-refractivity contribution in [2.45, 2.75) is 33.1 Å². The second kappa shape index (κ2) is 9.35. The molecule has 1 fully saturated rings. The topological polar surface area (TPSA) is 90.4 Å². The lowest BCUT2D eigenvalue weighted by Gasteiger charge is -2.36. The summed E-state index contributed by atoms with van der Waals surface area (Å²) in [7, 11) is -2.00. The van der Waals surface area contributed by atoms with Gasteiger partial charge in [0.2, 0.25) is 5.95 Å². The monoisotopic (exact) mass is 457 g/mol. The van der Waals surface area contributed by atoms with E-state index >= 15 is 0 Å². The van der Waals surface area contributed by atoms with E-state index in [1.807, 2.05) is 12.1 Å². The van der Waals surface area contributed by atoms with Crippen LogP contribution in [-0.4, -0.2) is 38.7 Å². The highest BCUT2D eigenvalue weighted by molar-refractivity contribution is 7.99. The molecule has 0 saturated carbocycles. The summed E-state index contributed by atoms with van der Waals surface area (Å²) in [4.78, 5) is 9.95. The van der Waals surface area contributed by atoms with Crippen LogP contribution >= 0.6 is 11.8 Å². The quantitative estimate of drug-likeness (QED) is 0.572. The Morgan fingerprint density at radius 2 is 1.71 bits per heavy atom. The minimum atomic E-state index is -3.75. The van der Waals surface area contributed by atoms with E-state index in [-0.39, 0.29) is 16.4 Å². The van der Waals surface area contributed by atoms with Gasteiger partial charge in [-0.3, -0.25) is 0 Å². The number of benzene rings is 2. The lowest BCUT2D eigenvalue weighted by molar-refractivity contribution is -0.0948. The molecule has 0 atom stereocenters. The maximum atomic E-state index is 12.5. The molecule has 7 nitrogen and oxygen atoms in total. The molecule has 0 radical (unpaired) electrons. The van der Waals surface area contributed by atoms with E-state index < -0.39 is 10.0 Å². The lowest BCUT2D eigenvalue weighted by atomic mass is 9.86. The maximum Gasteiger partial charge on any atom is 0.264 e. The summed E-state index contributed by atoms with van der Waals surface area (Å²) in [6.07, 6.45) is 4.60. The Morgan fingerprint density at radius 3 is 2.39 bits per heavy atom. The molecule has 2 aromatic carbocycles. The molecule has 1 saturated heterocycles. The van der Waals surface area contributed by atoms with Crippen molar-refractivity contribution in [3.63, 3.8) is 0 Å². The molecule has 9 heteroatoms. The lowest BCUT2D eigenvalue weighted by Crippen LogP contribution is -2.35. The predicted octanol–water partition coefficient (Wildman–Crippen LogP) is 4.08.